The SMILES string of the molecule is COc1ccc(-c2cccc(N)c2C)cc1. The van der Waals surface area contributed by atoms with Crippen molar-refractivity contribution in [2.45, 2.75) is 6.92 Å². The number of nitrogen functional groups attached to an aromatic ring is 1. The van der Waals surface area contributed by atoms with Gasteiger partial charge in [-0.3, -0.25) is 0 Å². The van der Waals surface area contributed by atoms with E-state index < -0.39 is 0 Å². The van der Waals surface area contributed by atoms with E-state index in [1.807, 2.05) is 43.3 Å². The molecule has 0 bridgehead atoms. The zero-order valence-electron chi connectivity index (χ0n) is 9.53. The number of rotatable bonds is 2. The highest BCUT2D eigenvalue weighted by Gasteiger charge is 2.03. The number of ether oxygens (including phenoxy) is 1. The quantitative estimate of drug-likeness (QED) is 0.777. The second-order valence-electron chi connectivity index (χ2n) is 3.75. The van der Waals surface area contributed by atoms with Crippen molar-refractivity contribution in [3.8, 4) is 16.9 Å². The monoisotopic (exact) mass is 213 g/mol. The second-order valence-corrected chi connectivity index (χ2v) is 3.75. The average Bonchev–Trinajstić information content (AvgIpc) is 2.33. The van der Waals surface area contributed by atoms with E-state index in [9.17, 15) is 0 Å². The highest BCUT2D eigenvalue weighted by Crippen LogP contribution is 2.28. The highest BCUT2D eigenvalue weighted by molar-refractivity contribution is 5.72. The van der Waals surface area contributed by atoms with Crippen LogP contribution < -0.4 is 10.5 Å². The normalized spacial score (nSPS) is 10.1. The standard InChI is InChI=1S/C14H15NO/c1-10-13(4-3-5-14(10)15)11-6-8-12(16-2)9-7-11/h3-9H,15H2,1-2H3. The lowest BCUT2D eigenvalue weighted by Gasteiger charge is -2.09. The van der Waals surface area contributed by atoms with Gasteiger partial charge < -0.3 is 10.5 Å². The third-order valence-corrected chi connectivity index (χ3v) is 2.78. The van der Waals surface area contributed by atoms with Crippen molar-refractivity contribution in [1.82, 2.24) is 0 Å². The van der Waals surface area contributed by atoms with Gasteiger partial charge in [0.25, 0.3) is 0 Å². The minimum absolute atomic E-state index is 0.827. The summed E-state index contributed by atoms with van der Waals surface area (Å²) in [6.07, 6.45) is 0. The summed E-state index contributed by atoms with van der Waals surface area (Å²) >= 11 is 0. The fourth-order valence-corrected chi connectivity index (χ4v) is 1.74. The van der Waals surface area contributed by atoms with E-state index >= 15 is 0 Å². The van der Waals surface area contributed by atoms with Gasteiger partial charge in [-0.25, -0.2) is 0 Å². The smallest absolute Gasteiger partial charge is 0.118 e. The zero-order valence-corrected chi connectivity index (χ0v) is 9.53. The Bertz CT molecular complexity index is 489. The first-order chi connectivity index (χ1) is 7.72. The molecule has 82 valence electrons. The minimum atomic E-state index is 0.827. The molecule has 0 aliphatic carbocycles. The Hall–Kier alpha value is -1.96. The van der Waals surface area contributed by atoms with Crippen LogP contribution in [0.4, 0.5) is 5.69 Å². The maximum Gasteiger partial charge on any atom is 0.118 e. The van der Waals surface area contributed by atoms with Gasteiger partial charge in [-0.05, 0) is 41.8 Å². The largest absolute Gasteiger partial charge is 0.497 e. The van der Waals surface area contributed by atoms with Crippen LogP contribution in [-0.4, -0.2) is 7.11 Å². The lowest BCUT2D eigenvalue weighted by Crippen LogP contribution is -1.92. The molecule has 2 heteroatoms. The lowest BCUT2D eigenvalue weighted by molar-refractivity contribution is 0.415. The van der Waals surface area contributed by atoms with Gasteiger partial charge in [0.15, 0.2) is 0 Å². The maximum absolute atomic E-state index is 5.89. The van der Waals surface area contributed by atoms with Crippen LogP contribution in [0.1, 0.15) is 5.56 Å². The van der Waals surface area contributed by atoms with Crippen LogP contribution in [-0.2, 0) is 0 Å². The van der Waals surface area contributed by atoms with Gasteiger partial charge in [0.2, 0.25) is 0 Å². The van der Waals surface area contributed by atoms with Gasteiger partial charge in [-0.15, -0.1) is 0 Å². The highest BCUT2D eigenvalue weighted by atomic mass is 16.5. The Morgan fingerprint density at radius 1 is 1.00 bits per heavy atom. The van der Waals surface area contributed by atoms with Crippen molar-refractivity contribution in [3.05, 3.63) is 48.0 Å². The van der Waals surface area contributed by atoms with E-state index in [-0.39, 0.29) is 0 Å². The number of anilines is 1. The van der Waals surface area contributed by atoms with Crippen LogP contribution in [0.15, 0.2) is 42.5 Å². The van der Waals surface area contributed by atoms with Crippen LogP contribution in [0.2, 0.25) is 0 Å². The molecule has 2 nitrogen and oxygen atoms in total. The lowest BCUT2D eigenvalue weighted by atomic mass is 9.99. The number of methoxy groups -OCH3 is 1. The molecule has 0 aromatic heterocycles. The fraction of sp³-hybridized carbons (Fsp3) is 0.143. The van der Waals surface area contributed by atoms with Gasteiger partial charge in [0, 0.05) is 5.69 Å². The summed E-state index contributed by atoms with van der Waals surface area (Å²) in [5, 5.41) is 0. The Balaban J connectivity index is 2.46. The van der Waals surface area contributed by atoms with Crippen LogP contribution >= 0.6 is 0 Å². The van der Waals surface area contributed by atoms with Crippen molar-refractivity contribution in [3.63, 3.8) is 0 Å². The summed E-state index contributed by atoms with van der Waals surface area (Å²) in [4.78, 5) is 0. The second kappa shape index (κ2) is 4.27. The molecule has 2 N–H and O–H groups in total. The molecule has 16 heavy (non-hydrogen) atoms. The van der Waals surface area contributed by atoms with Gasteiger partial charge in [0.1, 0.15) is 5.75 Å². The Morgan fingerprint density at radius 3 is 2.31 bits per heavy atom. The first-order valence-electron chi connectivity index (χ1n) is 5.22. The minimum Gasteiger partial charge on any atom is -0.497 e. The number of nitrogens with two attached hydrogens (primary N) is 1. The molecule has 0 aliphatic heterocycles. The van der Waals surface area contributed by atoms with E-state index in [0.29, 0.717) is 0 Å². The first-order valence-corrected chi connectivity index (χ1v) is 5.22. The molecule has 0 saturated heterocycles. The van der Waals surface area contributed by atoms with Crippen molar-refractivity contribution in [2.75, 3.05) is 12.8 Å². The molecule has 2 aromatic rings. The maximum atomic E-state index is 5.89. The van der Waals surface area contributed by atoms with Crippen molar-refractivity contribution in [1.29, 1.82) is 0 Å². The molecule has 0 heterocycles. The van der Waals surface area contributed by atoms with Gasteiger partial charge >= 0.3 is 0 Å². The van der Waals surface area contributed by atoms with E-state index in [0.717, 1.165) is 22.6 Å². The van der Waals surface area contributed by atoms with Crippen LogP contribution in [0, 0.1) is 6.92 Å². The number of hydrogen-bond acceptors (Lipinski definition) is 2. The summed E-state index contributed by atoms with van der Waals surface area (Å²) < 4.78 is 5.13. The van der Waals surface area contributed by atoms with E-state index in [2.05, 4.69) is 6.07 Å². The van der Waals surface area contributed by atoms with E-state index in [1.165, 1.54) is 5.56 Å². The molecule has 0 atom stereocenters. The zero-order chi connectivity index (χ0) is 11.5. The summed E-state index contributed by atoms with van der Waals surface area (Å²) in [5.41, 5.74) is 10.2. The van der Waals surface area contributed by atoms with Gasteiger partial charge in [-0.2, -0.15) is 0 Å². The van der Waals surface area contributed by atoms with E-state index in [1.54, 1.807) is 7.11 Å². The molecule has 0 radical (unpaired) electrons. The summed E-state index contributed by atoms with van der Waals surface area (Å²) in [5.74, 6) is 0.866. The van der Waals surface area contributed by atoms with Gasteiger partial charge in [0.05, 0.1) is 7.11 Å². The molecule has 0 fully saturated rings. The Kier molecular flexibility index (Phi) is 2.82. The summed E-state index contributed by atoms with van der Waals surface area (Å²) in [7, 11) is 1.67. The number of benzene rings is 2. The van der Waals surface area contributed by atoms with Crippen LogP contribution in [0.3, 0.4) is 0 Å². The van der Waals surface area contributed by atoms with Gasteiger partial charge in [-0.1, -0.05) is 24.3 Å². The molecule has 0 saturated carbocycles. The van der Waals surface area contributed by atoms with Crippen LogP contribution in [0.5, 0.6) is 5.75 Å². The predicted molar refractivity (Wildman–Crippen MR) is 67.6 cm³/mol. The molecule has 2 aromatic carbocycles. The van der Waals surface area contributed by atoms with Crippen molar-refractivity contribution < 1.29 is 4.74 Å². The molecule has 0 spiro atoms. The molecular formula is C14H15NO. The Morgan fingerprint density at radius 2 is 1.69 bits per heavy atom. The third-order valence-electron chi connectivity index (χ3n) is 2.78. The topological polar surface area (TPSA) is 35.2 Å². The molecule has 0 aliphatic rings. The van der Waals surface area contributed by atoms with Crippen molar-refractivity contribution in [2.24, 2.45) is 0 Å². The predicted octanol–water partition coefficient (Wildman–Crippen LogP) is 3.25. The van der Waals surface area contributed by atoms with Crippen molar-refractivity contribution >= 4 is 5.69 Å². The summed E-state index contributed by atoms with van der Waals surface area (Å²) in [6, 6.07) is 14.0. The molecule has 0 amide bonds. The van der Waals surface area contributed by atoms with E-state index in [4.69, 9.17) is 10.5 Å². The molecule has 2 rings (SSSR count). The Labute approximate surface area is 95.7 Å². The third kappa shape index (κ3) is 1.87. The summed E-state index contributed by atoms with van der Waals surface area (Å²) in [6.45, 7) is 2.04. The fourth-order valence-electron chi connectivity index (χ4n) is 1.74. The average molecular weight is 213 g/mol. The number of hydrogen-bond donors (Lipinski definition) is 1. The molecule has 0 unspecified atom stereocenters. The molecular weight excluding hydrogens is 198 g/mol. The van der Waals surface area contributed by atoms with Crippen LogP contribution in [0.25, 0.3) is 11.1 Å². The first kappa shape index (κ1) is 10.6.